The van der Waals surface area contributed by atoms with E-state index in [0.29, 0.717) is 29.5 Å². The zero-order chi connectivity index (χ0) is 20.6. The molecule has 8 nitrogen and oxygen atoms in total. The van der Waals surface area contributed by atoms with Crippen LogP contribution in [0, 0.1) is 0 Å². The number of amides is 1. The maximum atomic E-state index is 12.5. The van der Waals surface area contributed by atoms with Crippen molar-refractivity contribution in [3.8, 4) is 17.2 Å². The van der Waals surface area contributed by atoms with Gasteiger partial charge in [-0.3, -0.25) is 4.79 Å². The third kappa shape index (κ3) is 5.13. The molecule has 0 radical (unpaired) electrons. The van der Waals surface area contributed by atoms with E-state index in [9.17, 15) is 4.79 Å². The molecule has 1 amide bonds. The number of rotatable bonds is 8. The highest BCUT2D eigenvalue weighted by Gasteiger charge is 2.11. The quantitative estimate of drug-likeness (QED) is 0.606. The highest BCUT2D eigenvalue weighted by atomic mass is 16.5. The highest BCUT2D eigenvalue weighted by Crippen LogP contribution is 2.31. The summed E-state index contributed by atoms with van der Waals surface area (Å²) in [5, 5.41) is 5.97. The lowest BCUT2D eigenvalue weighted by Crippen LogP contribution is -2.24. The lowest BCUT2D eigenvalue weighted by Gasteiger charge is -2.12. The molecule has 150 valence electrons. The Labute approximate surface area is 168 Å². The maximum absolute atomic E-state index is 12.5. The van der Waals surface area contributed by atoms with Crippen molar-refractivity contribution in [1.82, 2.24) is 15.3 Å². The van der Waals surface area contributed by atoms with Crippen LogP contribution in [0.2, 0.25) is 0 Å². The average molecular weight is 394 g/mol. The molecule has 1 heterocycles. The second-order valence-corrected chi connectivity index (χ2v) is 6.01. The lowest BCUT2D eigenvalue weighted by molar-refractivity contribution is 0.0946. The molecule has 0 aliphatic heterocycles. The number of anilines is 2. The number of methoxy groups -OCH3 is 3. The second kappa shape index (κ2) is 9.41. The highest BCUT2D eigenvalue weighted by molar-refractivity contribution is 5.93. The van der Waals surface area contributed by atoms with Gasteiger partial charge in [0, 0.05) is 18.7 Å². The molecule has 1 aromatic heterocycles. The van der Waals surface area contributed by atoms with Crippen LogP contribution in [0.4, 0.5) is 11.5 Å². The third-order valence-corrected chi connectivity index (χ3v) is 4.18. The first kappa shape index (κ1) is 19.9. The van der Waals surface area contributed by atoms with Gasteiger partial charge in [-0.1, -0.05) is 12.1 Å². The largest absolute Gasteiger partial charge is 0.497 e. The summed E-state index contributed by atoms with van der Waals surface area (Å²) in [6, 6.07) is 14.4. The average Bonchev–Trinajstić information content (AvgIpc) is 2.78. The van der Waals surface area contributed by atoms with E-state index in [0.717, 1.165) is 11.3 Å². The summed E-state index contributed by atoms with van der Waals surface area (Å²) in [5.41, 5.74) is 1.86. The van der Waals surface area contributed by atoms with Gasteiger partial charge in [-0.15, -0.1) is 0 Å². The minimum Gasteiger partial charge on any atom is -0.497 e. The molecule has 0 fully saturated rings. The van der Waals surface area contributed by atoms with Crippen LogP contribution in [-0.4, -0.2) is 37.2 Å². The summed E-state index contributed by atoms with van der Waals surface area (Å²) in [4.78, 5) is 20.7. The fourth-order valence-electron chi connectivity index (χ4n) is 2.62. The van der Waals surface area contributed by atoms with Crippen molar-refractivity contribution in [3.05, 3.63) is 66.1 Å². The van der Waals surface area contributed by atoms with E-state index in [-0.39, 0.29) is 11.6 Å². The Morgan fingerprint density at radius 1 is 0.897 bits per heavy atom. The van der Waals surface area contributed by atoms with E-state index in [1.165, 1.54) is 6.33 Å². The first-order valence-corrected chi connectivity index (χ1v) is 8.85. The Kier molecular flexibility index (Phi) is 6.47. The van der Waals surface area contributed by atoms with Crippen molar-refractivity contribution >= 4 is 17.4 Å². The number of aromatic nitrogens is 2. The minimum atomic E-state index is -0.302. The van der Waals surface area contributed by atoms with Gasteiger partial charge in [-0.25, -0.2) is 9.97 Å². The van der Waals surface area contributed by atoms with E-state index < -0.39 is 0 Å². The van der Waals surface area contributed by atoms with Gasteiger partial charge in [-0.2, -0.15) is 0 Å². The Morgan fingerprint density at radius 3 is 2.31 bits per heavy atom. The topological polar surface area (TPSA) is 94.6 Å². The summed E-state index contributed by atoms with van der Waals surface area (Å²) >= 11 is 0. The molecule has 0 aliphatic carbocycles. The zero-order valence-corrected chi connectivity index (χ0v) is 16.4. The monoisotopic (exact) mass is 394 g/mol. The fourth-order valence-corrected chi connectivity index (χ4v) is 2.62. The van der Waals surface area contributed by atoms with Crippen molar-refractivity contribution in [3.63, 3.8) is 0 Å². The Morgan fingerprint density at radius 2 is 1.62 bits per heavy atom. The number of nitrogens with zero attached hydrogens (tertiary/aromatic N) is 2. The van der Waals surface area contributed by atoms with Gasteiger partial charge in [0.25, 0.3) is 5.91 Å². The molecular weight excluding hydrogens is 372 g/mol. The summed E-state index contributed by atoms with van der Waals surface area (Å²) in [6.07, 6.45) is 1.33. The zero-order valence-electron chi connectivity index (χ0n) is 16.4. The van der Waals surface area contributed by atoms with Gasteiger partial charge in [0.1, 0.15) is 35.1 Å². The predicted octanol–water partition coefficient (Wildman–Crippen LogP) is 3.18. The standard InChI is InChI=1S/C21H22N4O4/c1-27-15-6-4-14(5-7-15)12-22-21(26)18-11-20(24-13-23-18)25-17-10-16(28-2)8-9-19(17)29-3/h4-11,13H,12H2,1-3H3,(H,22,26)(H,23,24,25). The Balaban J connectivity index is 1.69. The number of nitrogens with one attached hydrogen (secondary N) is 2. The van der Waals surface area contributed by atoms with Crippen LogP contribution in [0.1, 0.15) is 16.1 Å². The van der Waals surface area contributed by atoms with Crippen LogP contribution in [0.15, 0.2) is 54.9 Å². The van der Waals surface area contributed by atoms with Crippen LogP contribution in [0.5, 0.6) is 17.2 Å². The van der Waals surface area contributed by atoms with Gasteiger partial charge < -0.3 is 24.8 Å². The summed E-state index contributed by atoms with van der Waals surface area (Å²) in [7, 11) is 4.77. The lowest BCUT2D eigenvalue weighted by atomic mass is 10.2. The number of hydrogen-bond donors (Lipinski definition) is 2. The van der Waals surface area contributed by atoms with Gasteiger partial charge in [0.2, 0.25) is 0 Å². The van der Waals surface area contributed by atoms with Gasteiger partial charge in [0.05, 0.1) is 27.0 Å². The second-order valence-electron chi connectivity index (χ2n) is 6.01. The molecule has 0 atom stereocenters. The fraction of sp³-hybridized carbons (Fsp3) is 0.190. The number of hydrogen-bond acceptors (Lipinski definition) is 7. The molecule has 3 rings (SSSR count). The van der Waals surface area contributed by atoms with E-state index in [1.807, 2.05) is 24.3 Å². The minimum absolute atomic E-state index is 0.248. The first-order chi connectivity index (χ1) is 14.1. The van der Waals surface area contributed by atoms with Crippen LogP contribution in [0.25, 0.3) is 0 Å². The van der Waals surface area contributed by atoms with Crippen LogP contribution >= 0.6 is 0 Å². The molecular formula is C21H22N4O4. The summed E-state index contributed by atoms with van der Waals surface area (Å²) < 4.78 is 15.7. The predicted molar refractivity (Wildman–Crippen MR) is 109 cm³/mol. The number of ether oxygens (including phenoxy) is 3. The molecule has 29 heavy (non-hydrogen) atoms. The van der Waals surface area contributed by atoms with Crippen molar-refractivity contribution in [1.29, 1.82) is 0 Å². The normalized spacial score (nSPS) is 10.2. The molecule has 0 saturated heterocycles. The van der Waals surface area contributed by atoms with E-state index >= 15 is 0 Å². The SMILES string of the molecule is COc1ccc(CNC(=O)c2cc(Nc3cc(OC)ccc3OC)ncn2)cc1. The van der Waals surface area contributed by atoms with Crippen molar-refractivity contribution in [2.75, 3.05) is 26.6 Å². The van der Waals surface area contributed by atoms with Crippen molar-refractivity contribution < 1.29 is 19.0 Å². The van der Waals surface area contributed by atoms with Gasteiger partial charge in [0.15, 0.2) is 0 Å². The molecule has 8 heteroatoms. The Hall–Kier alpha value is -3.81. The van der Waals surface area contributed by atoms with Crippen molar-refractivity contribution in [2.24, 2.45) is 0 Å². The van der Waals surface area contributed by atoms with E-state index in [4.69, 9.17) is 14.2 Å². The molecule has 3 aromatic rings. The smallest absolute Gasteiger partial charge is 0.270 e. The summed E-state index contributed by atoms with van der Waals surface area (Å²) in [6.45, 7) is 0.374. The number of benzene rings is 2. The Bertz CT molecular complexity index is 977. The van der Waals surface area contributed by atoms with E-state index in [1.54, 1.807) is 45.6 Å². The molecule has 0 spiro atoms. The number of carbonyl (C=O) groups is 1. The van der Waals surface area contributed by atoms with Crippen LogP contribution in [0.3, 0.4) is 0 Å². The first-order valence-electron chi connectivity index (χ1n) is 8.85. The summed E-state index contributed by atoms with van der Waals surface area (Å²) in [5.74, 6) is 2.21. The van der Waals surface area contributed by atoms with Crippen LogP contribution in [-0.2, 0) is 6.54 Å². The molecule has 2 N–H and O–H groups in total. The number of carbonyl (C=O) groups excluding carboxylic acids is 1. The molecule has 0 saturated carbocycles. The molecule has 0 unspecified atom stereocenters. The third-order valence-electron chi connectivity index (χ3n) is 4.18. The molecule has 0 aliphatic rings. The van der Waals surface area contributed by atoms with Crippen LogP contribution < -0.4 is 24.8 Å². The maximum Gasteiger partial charge on any atom is 0.270 e. The van der Waals surface area contributed by atoms with E-state index in [2.05, 4.69) is 20.6 Å². The van der Waals surface area contributed by atoms with Crippen molar-refractivity contribution in [2.45, 2.75) is 6.54 Å². The molecule has 0 bridgehead atoms. The van der Waals surface area contributed by atoms with Gasteiger partial charge >= 0.3 is 0 Å². The molecule has 2 aromatic carbocycles. The van der Waals surface area contributed by atoms with Gasteiger partial charge in [-0.05, 0) is 29.8 Å².